The average molecular weight is 232 g/mol. The monoisotopic (exact) mass is 232 g/mol. The maximum Gasteiger partial charge on any atom is 0.306 e. The first-order valence-corrected chi connectivity index (χ1v) is 6.09. The quantitative estimate of drug-likeness (QED) is 0.699. The fraction of sp³-hybridized carbons (Fsp3) is 0.500. The second-order valence-corrected chi connectivity index (χ2v) is 5.14. The molecule has 1 heterocycles. The number of benzene rings is 1. The zero-order chi connectivity index (χ0) is 12.2. The third-order valence-electron chi connectivity index (χ3n) is 4.11. The first kappa shape index (κ1) is 10.6. The van der Waals surface area contributed by atoms with Crippen LogP contribution in [-0.4, -0.2) is 11.1 Å². The number of phenolic OH excluding ortho intramolecular Hbond substituents is 1. The van der Waals surface area contributed by atoms with Crippen LogP contribution >= 0.6 is 0 Å². The van der Waals surface area contributed by atoms with Crippen LogP contribution in [0, 0.1) is 19.8 Å². The molecule has 2 aliphatic rings. The number of carbonyl (C=O) groups excluding carboxylic acids is 1. The van der Waals surface area contributed by atoms with Crippen LogP contribution < -0.4 is 0 Å². The molecule has 1 aliphatic carbocycles. The largest absolute Gasteiger partial charge is 0.508 e. The van der Waals surface area contributed by atoms with Gasteiger partial charge in [-0.05, 0) is 49.4 Å². The van der Waals surface area contributed by atoms with E-state index in [4.69, 9.17) is 4.74 Å². The van der Waals surface area contributed by atoms with Gasteiger partial charge in [0.25, 0.3) is 0 Å². The molecule has 0 spiro atoms. The van der Waals surface area contributed by atoms with Crippen molar-refractivity contribution < 1.29 is 14.6 Å². The average Bonchev–Trinajstić information content (AvgIpc) is 2.65. The molecule has 90 valence electrons. The van der Waals surface area contributed by atoms with Gasteiger partial charge in [-0.2, -0.15) is 0 Å². The number of hydrogen-bond donors (Lipinski definition) is 1. The van der Waals surface area contributed by atoms with Gasteiger partial charge in [-0.1, -0.05) is 0 Å². The first-order chi connectivity index (χ1) is 8.08. The minimum Gasteiger partial charge on any atom is -0.508 e. The smallest absolute Gasteiger partial charge is 0.306 e. The number of fused-ring (bicyclic) bond motifs is 3. The molecule has 17 heavy (non-hydrogen) atoms. The number of phenols is 1. The summed E-state index contributed by atoms with van der Waals surface area (Å²) in [4.78, 5) is 11.4. The van der Waals surface area contributed by atoms with Gasteiger partial charge in [0.15, 0.2) is 0 Å². The van der Waals surface area contributed by atoms with E-state index in [1.807, 2.05) is 19.9 Å². The minimum atomic E-state index is -0.128. The Morgan fingerprint density at radius 3 is 2.94 bits per heavy atom. The molecule has 0 aromatic heterocycles. The van der Waals surface area contributed by atoms with Crippen molar-refractivity contribution in [2.45, 2.75) is 39.2 Å². The maximum absolute atomic E-state index is 11.4. The van der Waals surface area contributed by atoms with E-state index in [0.29, 0.717) is 18.1 Å². The van der Waals surface area contributed by atoms with Gasteiger partial charge in [-0.15, -0.1) is 0 Å². The molecular formula is C14H16O3. The summed E-state index contributed by atoms with van der Waals surface area (Å²) in [5, 5.41) is 9.90. The fourth-order valence-corrected chi connectivity index (χ4v) is 3.18. The zero-order valence-electron chi connectivity index (χ0n) is 10.1. The lowest BCUT2D eigenvalue weighted by Gasteiger charge is -2.29. The highest BCUT2D eigenvalue weighted by Gasteiger charge is 2.41. The molecule has 3 heteroatoms. The maximum atomic E-state index is 11.4. The Kier molecular flexibility index (Phi) is 2.18. The Morgan fingerprint density at radius 2 is 2.18 bits per heavy atom. The second-order valence-electron chi connectivity index (χ2n) is 5.14. The highest BCUT2D eigenvalue weighted by molar-refractivity contribution is 5.73. The summed E-state index contributed by atoms with van der Waals surface area (Å²) >= 11 is 0. The van der Waals surface area contributed by atoms with Crippen molar-refractivity contribution in [1.29, 1.82) is 0 Å². The zero-order valence-corrected chi connectivity index (χ0v) is 10.1. The predicted molar refractivity (Wildman–Crippen MR) is 62.8 cm³/mol. The molecule has 1 aromatic carbocycles. The van der Waals surface area contributed by atoms with Crippen LogP contribution in [0.1, 0.15) is 41.2 Å². The molecule has 3 nitrogen and oxygen atoms in total. The molecule has 1 saturated heterocycles. The van der Waals surface area contributed by atoms with Gasteiger partial charge >= 0.3 is 5.97 Å². The van der Waals surface area contributed by atoms with Crippen molar-refractivity contribution in [2.24, 2.45) is 5.92 Å². The topological polar surface area (TPSA) is 46.5 Å². The minimum absolute atomic E-state index is 0.103. The van der Waals surface area contributed by atoms with Crippen molar-refractivity contribution in [1.82, 2.24) is 0 Å². The number of esters is 1. The van der Waals surface area contributed by atoms with Gasteiger partial charge in [0.05, 0.1) is 6.42 Å². The molecule has 3 rings (SSSR count). The van der Waals surface area contributed by atoms with E-state index < -0.39 is 0 Å². The normalized spacial score (nSPS) is 26.4. The highest BCUT2D eigenvalue weighted by Crippen LogP contribution is 2.47. The number of aromatic hydroxyl groups is 1. The van der Waals surface area contributed by atoms with Crippen LogP contribution in [-0.2, 0) is 16.0 Å². The summed E-state index contributed by atoms with van der Waals surface area (Å²) in [5.74, 6) is 0.507. The van der Waals surface area contributed by atoms with Gasteiger partial charge in [0, 0.05) is 11.5 Å². The molecule has 0 amide bonds. The highest BCUT2D eigenvalue weighted by atomic mass is 16.5. The number of aryl methyl sites for hydroxylation is 1. The van der Waals surface area contributed by atoms with E-state index in [1.54, 1.807) is 0 Å². The van der Waals surface area contributed by atoms with E-state index >= 15 is 0 Å². The molecule has 0 saturated carbocycles. The van der Waals surface area contributed by atoms with Crippen LogP contribution in [0.2, 0.25) is 0 Å². The molecule has 2 unspecified atom stereocenters. The van der Waals surface area contributed by atoms with Gasteiger partial charge < -0.3 is 9.84 Å². The van der Waals surface area contributed by atoms with Crippen LogP contribution in [0.5, 0.6) is 5.75 Å². The van der Waals surface area contributed by atoms with Crippen LogP contribution in [0.15, 0.2) is 6.07 Å². The lowest BCUT2D eigenvalue weighted by atomic mass is 9.77. The van der Waals surface area contributed by atoms with E-state index in [2.05, 4.69) is 0 Å². The Labute approximate surface area is 100 Å². The molecule has 0 bridgehead atoms. The summed E-state index contributed by atoms with van der Waals surface area (Å²) in [6.07, 6.45) is 2.39. The summed E-state index contributed by atoms with van der Waals surface area (Å²) < 4.78 is 5.43. The summed E-state index contributed by atoms with van der Waals surface area (Å²) in [6, 6.07) is 1.81. The predicted octanol–water partition coefficient (Wildman–Crippen LogP) is 2.56. The Hall–Kier alpha value is -1.51. The van der Waals surface area contributed by atoms with Crippen molar-refractivity contribution in [3.8, 4) is 5.75 Å². The van der Waals surface area contributed by atoms with Crippen molar-refractivity contribution >= 4 is 5.97 Å². The lowest BCUT2D eigenvalue weighted by molar-refractivity contribution is -0.141. The fourth-order valence-electron chi connectivity index (χ4n) is 3.18. The Bertz CT molecular complexity index is 505. The molecular weight excluding hydrogens is 216 g/mol. The van der Waals surface area contributed by atoms with Crippen LogP contribution in [0.4, 0.5) is 0 Å². The summed E-state index contributed by atoms with van der Waals surface area (Å²) in [6.45, 7) is 3.91. The van der Waals surface area contributed by atoms with Crippen molar-refractivity contribution in [3.63, 3.8) is 0 Å². The van der Waals surface area contributed by atoms with Gasteiger partial charge in [-0.25, -0.2) is 0 Å². The van der Waals surface area contributed by atoms with Crippen LogP contribution in [0.25, 0.3) is 0 Å². The lowest BCUT2D eigenvalue weighted by Crippen LogP contribution is -2.19. The number of rotatable bonds is 0. The number of carbonyl (C=O) groups is 1. The van der Waals surface area contributed by atoms with Crippen molar-refractivity contribution in [3.05, 3.63) is 28.3 Å². The Morgan fingerprint density at radius 1 is 1.41 bits per heavy atom. The second kappa shape index (κ2) is 3.49. The number of hydrogen-bond acceptors (Lipinski definition) is 3. The van der Waals surface area contributed by atoms with Gasteiger partial charge in [0.2, 0.25) is 0 Å². The van der Waals surface area contributed by atoms with Crippen molar-refractivity contribution in [2.75, 3.05) is 0 Å². The summed E-state index contributed by atoms with van der Waals surface area (Å²) in [5.41, 5.74) is 4.29. The third-order valence-corrected chi connectivity index (χ3v) is 4.11. The van der Waals surface area contributed by atoms with E-state index in [0.717, 1.165) is 29.5 Å². The SMILES string of the molecule is Cc1cc(O)c(C)c2c1CCC1CC(=O)OC21. The third kappa shape index (κ3) is 1.45. The molecule has 1 aromatic rings. The standard InChI is InChI=1S/C14H16O3/c1-7-5-11(15)8(2)13-10(7)4-3-9-6-12(16)17-14(9)13/h5,9,14-15H,3-4,6H2,1-2H3. The van der Waals surface area contributed by atoms with Gasteiger partial charge in [0.1, 0.15) is 11.9 Å². The van der Waals surface area contributed by atoms with Crippen LogP contribution in [0.3, 0.4) is 0 Å². The molecule has 1 fully saturated rings. The Balaban J connectivity index is 2.19. The van der Waals surface area contributed by atoms with E-state index in [-0.39, 0.29) is 12.1 Å². The van der Waals surface area contributed by atoms with E-state index in [9.17, 15) is 9.90 Å². The molecule has 0 radical (unpaired) electrons. The molecule has 1 aliphatic heterocycles. The van der Waals surface area contributed by atoms with Gasteiger partial charge in [-0.3, -0.25) is 4.79 Å². The molecule has 1 N–H and O–H groups in total. The summed E-state index contributed by atoms with van der Waals surface area (Å²) in [7, 11) is 0. The molecule has 2 atom stereocenters. The van der Waals surface area contributed by atoms with E-state index in [1.165, 1.54) is 5.56 Å². The number of ether oxygens (including phenoxy) is 1. The first-order valence-electron chi connectivity index (χ1n) is 6.09.